The highest BCUT2D eigenvalue weighted by atomic mass is 32.1. The molecule has 1 atom stereocenters. The Morgan fingerprint density at radius 3 is 2.72 bits per heavy atom. The van der Waals surface area contributed by atoms with Crippen LogP contribution in [0.15, 0.2) is 74.2 Å². The Bertz CT molecular complexity index is 1360. The van der Waals surface area contributed by atoms with Crippen molar-refractivity contribution in [2.45, 2.75) is 19.9 Å². The van der Waals surface area contributed by atoms with E-state index < -0.39 is 12.0 Å². The molecule has 164 valence electrons. The van der Waals surface area contributed by atoms with Gasteiger partial charge in [-0.1, -0.05) is 29.5 Å². The normalized spacial score (nSPS) is 16.2. The number of carbonyl (C=O) groups excluding carboxylic acids is 1. The van der Waals surface area contributed by atoms with Crippen LogP contribution in [0.25, 0.3) is 12.2 Å². The number of aromatic nitrogens is 1. The molecule has 0 fully saturated rings. The summed E-state index contributed by atoms with van der Waals surface area (Å²) >= 11 is 1.27. The van der Waals surface area contributed by atoms with Gasteiger partial charge in [0.25, 0.3) is 5.56 Å². The van der Waals surface area contributed by atoms with Crippen LogP contribution in [-0.2, 0) is 9.53 Å². The van der Waals surface area contributed by atoms with Crippen LogP contribution >= 0.6 is 11.3 Å². The Morgan fingerprint density at radius 2 is 2.06 bits per heavy atom. The molecule has 1 aliphatic heterocycles. The van der Waals surface area contributed by atoms with Crippen LogP contribution in [0.5, 0.6) is 5.75 Å². The molecule has 1 unspecified atom stereocenters. The third-order valence-corrected chi connectivity index (χ3v) is 6.00. The van der Waals surface area contributed by atoms with Crippen molar-refractivity contribution in [2.75, 3.05) is 13.7 Å². The van der Waals surface area contributed by atoms with Gasteiger partial charge in [0.05, 0.1) is 41.8 Å². The lowest BCUT2D eigenvalue weighted by Gasteiger charge is -2.24. The van der Waals surface area contributed by atoms with E-state index in [0.29, 0.717) is 32.1 Å². The highest BCUT2D eigenvalue weighted by Crippen LogP contribution is 2.31. The standard InChI is InChI=1S/C24H22N2O5S/c1-4-30-23(28)20-15(2)25-24-26(21(20)16-10-12-17(29-3)13-11-16)22(27)19(32-24)9-5-7-18-8-6-14-31-18/h5-14,21H,4H2,1-3H3/b7-5+,19-9+. The van der Waals surface area contributed by atoms with Gasteiger partial charge in [-0.05, 0) is 55.8 Å². The number of hydrogen-bond donors (Lipinski definition) is 0. The molecule has 7 nitrogen and oxygen atoms in total. The van der Waals surface area contributed by atoms with E-state index in [9.17, 15) is 9.59 Å². The van der Waals surface area contributed by atoms with Crippen molar-refractivity contribution in [3.8, 4) is 5.75 Å². The number of rotatable bonds is 6. The molecule has 0 aliphatic carbocycles. The number of benzene rings is 1. The number of thiazole rings is 1. The summed E-state index contributed by atoms with van der Waals surface area (Å²) in [7, 11) is 1.59. The highest BCUT2D eigenvalue weighted by molar-refractivity contribution is 7.07. The van der Waals surface area contributed by atoms with Crippen molar-refractivity contribution in [3.63, 3.8) is 0 Å². The predicted octanol–water partition coefficient (Wildman–Crippen LogP) is 3.07. The summed E-state index contributed by atoms with van der Waals surface area (Å²) in [4.78, 5) is 31.3. The minimum atomic E-state index is -0.646. The zero-order chi connectivity index (χ0) is 22.7. The fraction of sp³-hybridized carbons (Fsp3) is 0.208. The molecule has 0 N–H and O–H groups in total. The predicted molar refractivity (Wildman–Crippen MR) is 122 cm³/mol. The molecule has 0 saturated carbocycles. The van der Waals surface area contributed by atoms with Gasteiger partial charge in [0.2, 0.25) is 0 Å². The minimum Gasteiger partial charge on any atom is -0.497 e. The van der Waals surface area contributed by atoms with E-state index in [1.54, 1.807) is 68.2 Å². The second-order valence-corrected chi connectivity index (χ2v) is 7.98. The number of nitrogens with zero attached hydrogens (tertiary/aromatic N) is 2. The van der Waals surface area contributed by atoms with Gasteiger partial charge in [-0.3, -0.25) is 9.36 Å². The third kappa shape index (κ3) is 4.09. The zero-order valence-corrected chi connectivity index (χ0v) is 18.7. The molecule has 0 saturated heterocycles. The fourth-order valence-corrected chi connectivity index (χ4v) is 4.52. The second kappa shape index (κ2) is 9.23. The summed E-state index contributed by atoms with van der Waals surface area (Å²) in [6.07, 6.45) is 6.84. The van der Waals surface area contributed by atoms with E-state index in [-0.39, 0.29) is 12.2 Å². The van der Waals surface area contributed by atoms with E-state index >= 15 is 0 Å². The summed E-state index contributed by atoms with van der Waals surface area (Å²) < 4.78 is 17.9. The van der Waals surface area contributed by atoms with Gasteiger partial charge in [0.1, 0.15) is 11.5 Å². The molecule has 8 heteroatoms. The van der Waals surface area contributed by atoms with Gasteiger partial charge in [-0.15, -0.1) is 0 Å². The molecule has 0 amide bonds. The fourth-order valence-electron chi connectivity index (χ4n) is 3.52. The Morgan fingerprint density at radius 1 is 1.28 bits per heavy atom. The number of allylic oxidation sites excluding steroid dienone is 2. The number of esters is 1. The number of methoxy groups -OCH3 is 1. The molecule has 4 rings (SSSR count). The molecule has 0 spiro atoms. The van der Waals surface area contributed by atoms with Gasteiger partial charge in [-0.25, -0.2) is 9.79 Å². The molecule has 3 aromatic rings. The van der Waals surface area contributed by atoms with Crippen molar-refractivity contribution in [2.24, 2.45) is 4.99 Å². The quantitative estimate of drug-likeness (QED) is 0.539. The van der Waals surface area contributed by atoms with Crippen LogP contribution in [-0.4, -0.2) is 24.3 Å². The summed E-state index contributed by atoms with van der Waals surface area (Å²) in [5.74, 6) is 0.884. The first-order valence-electron chi connectivity index (χ1n) is 10.1. The van der Waals surface area contributed by atoms with Crippen LogP contribution in [0.2, 0.25) is 0 Å². The van der Waals surface area contributed by atoms with Crippen LogP contribution in [0, 0.1) is 0 Å². The SMILES string of the molecule is CCOC(=O)C1=C(C)N=c2s/c(=C/C=C/c3ccco3)c(=O)n2C1c1ccc(OC)cc1. The molecule has 32 heavy (non-hydrogen) atoms. The first-order chi connectivity index (χ1) is 15.5. The minimum absolute atomic E-state index is 0.229. The molecule has 1 aromatic carbocycles. The largest absolute Gasteiger partial charge is 0.497 e. The summed E-state index contributed by atoms with van der Waals surface area (Å²) in [5.41, 5.74) is 1.42. The van der Waals surface area contributed by atoms with Crippen LogP contribution < -0.4 is 19.6 Å². The second-order valence-electron chi connectivity index (χ2n) is 6.97. The van der Waals surface area contributed by atoms with E-state index in [1.807, 2.05) is 18.2 Å². The van der Waals surface area contributed by atoms with Gasteiger partial charge < -0.3 is 13.9 Å². The molecule has 0 bridgehead atoms. The number of furan rings is 1. The summed E-state index contributed by atoms with van der Waals surface area (Å²) in [6.45, 7) is 3.74. The Balaban J connectivity index is 1.86. The van der Waals surface area contributed by atoms with Crippen molar-refractivity contribution in [3.05, 3.63) is 91.0 Å². The van der Waals surface area contributed by atoms with Crippen LogP contribution in [0.4, 0.5) is 0 Å². The Kier molecular flexibility index (Phi) is 6.23. The van der Waals surface area contributed by atoms with Crippen LogP contribution in [0.3, 0.4) is 0 Å². The lowest BCUT2D eigenvalue weighted by Crippen LogP contribution is -2.39. The lowest BCUT2D eigenvalue weighted by molar-refractivity contribution is -0.139. The zero-order valence-electron chi connectivity index (χ0n) is 17.9. The number of fused-ring (bicyclic) bond motifs is 1. The van der Waals surface area contributed by atoms with Crippen molar-refractivity contribution >= 4 is 29.5 Å². The monoisotopic (exact) mass is 450 g/mol. The van der Waals surface area contributed by atoms with Gasteiger partial charge >= 0.3 is 5.97 Å². The smallest absolute Gasteiger partial charge is 0.338 e. The molecule has 2 aromatic heterocycles. The average molecular weight is 451 g/mol. The van der Waals surface area contributed by atoms with Gasteiger partial charge in [0, 0.05) is 0 Å². The molecule has 3 heterocycles. The maximum atomic E-state index is 13.4. The van der Waals surface area contributed by atoms with Crippen molar-refractivity contribution in [1.82, 2.24) is 4.57 Å². The first kappa shape index (κ1) is 21.6. The Hall–Kier alpha value is -3.65. The topological polar surface area (TPSA) is 83.0 Å². The van der Waals surface area contributed by atoms with E-state index in [0.717, 1.165) is 5.56 Å². The van der Waals surface area contributed by atoms with Crippen molar-refractivity contribution < 1.29 is 18.7 Å². The summed E-state index contributed by atoms with van der Waals surface area (Å²) in [6, 6.07) is 10.3. The highest BCUT2D eigenvalue weighted by Gasteiger charge is 2.33. The molecule has 1 aliphatic rings. The first-order valence-corrected chi connectivity index (χ1v) is 10.9. The van der Waals surface area contributed by atoms with Crippen molar-refractivity contribution in [1.29, 1.82) is 0 Å². The van der Waals surface area contributed by atoms with E-state index in [1.165, 1.54) is 11.3 Å². The number of ether oxygens (including phenoxy) is 2. The molecule has 0 radical (unpaired) electrons. The van der Waals surface area contributed by atoms with E-state index in [2.05, 4.69) is 4.99 Å². The molecular formula is C24H22N2O5S. The van der Waals surface area contributed by atoms with E-state index in [4.69, 9.17) is 13.9 Å². The third-order valence-electron chi connectivity index (χ3n) is 5.00. The number of hydrogen-bond acceptors (Lipinski definition) is 7. The number of carbonyl (C=O) groups is 1. The average Bonchev–Trinajstić information content (AvgIpc) is 3.41. The Labute approximate surface area is 188 Å². The maximum absolute atomic E-state index is 13.4. The summed E-state index contributed by atoms with van der Waals surface area (Å²) in [5, 5.41) is 0. The lowest BCUT2D eigenvalue weighted by atomic mass is 9.96. The molecular weight excluding hydrogens is 428 g/mol. The van der Waals surface area contributed by atoms with Gasteiger partial charge in [-0.2, -0.15) is 0 Å². The van der Waals surface area contributed by atoms with Crippen LogP contribution in [0.1, 0.15) is 31.2 Å². The maximum Gasteiger partial charge on any atom is 0.338 e. The van der Waals surface area contributed by atoms with Gasteiger partial charge in [0.15, 0.2) is 4.80 Å².